The number of amides is 1. The molecule has 25 heavy (non-hydrogen) atoms. The third-order valence-corrected chi connectivity index (χ3v) is 7.47. The highest BCUT2D eigenvalue weighted by molar-refractivity contribution is 8.16. The molecule has 0 N–H and O–H groups in total. The molecule has 0 spiro atoms. The molecule has 0 saturated carbocycles. The monoisotopic (exact) mass is 401 g/mol. The van der Waals surface area contributed by atoms with Crippen molar-refractivity contribution in [1.29, 1.82) is 0 Å². The highest BCUT2D eigenvalue weighted by Crippen LogP contribution is 2.42. The van der Waals surface area contributed by atoms with Gasteiger partial charge in [0.1, 0.15) is 0 Å². The number of benzene rings is 1. The van der Waals surface area contributed by atoms with Gasteiger partial charge in [-0.1, -0.05) is 35.5 Å². The van der Waals surface area contributed by atoms with Gasteiger partial charge in [0.25, 0.3) is 0 Å². The fourth-order valence-electron chi connectivity index (χ4n) is 2.86. The molecule has 1 aromatic carbocycles. The van der Waals surface area contributed by atoms with Gasteiger partial charge < -0.3 is 14.8 Å². The molecule has 134 valence electrons. The number of carboxylic acids is 1. The summed E-state index contributed by atoms with van der Waals surface area (Å²) in [5, 5.41) is 11.0. The Morgan fingerprint density at radius 3 is 2.68 bits per heavy atom. The van der Waals surface area contributed by atoms with Crippen molar-refractivity contribution in [2.75, 3.05) is 16.4 Å². The Bertz CT molecular complexity index is 855. The van der Waals surface area contributed by atoms with Gasteiger partial charge in [0.15, 0.2) is 15.0 Å². The molecule has 0 unspecified atom stereocenters. The maximum Gasteiger partial charge on any atom is 0.248 e. The zero-order chi connectivity index (χ0) is 18.2. The van der Waals surface area contributed by atoms with Crippen LogP contribution in [0.1, 0.15) is 12.8 Å². The fourth-order valence-corrected chi connectivity index (χ4v) is 7.02. The number of aliphatic imine (C=N–C) groups is 1. The normalized spacial score (nSPS) is 26.0. The van der Waals surface area contributed by atoms with Crippen molar-refractivity contribution in [2.24, 2.45) is 4.99 Å². The van der Waals surface area contributed by atoms with E-state index < -0.39 is 28.1 Å². The molecule has 7 nitrogen and oxygen atoms in total. The Kier molecular flexibility index (Phi) is 5.08. The van der Waals surface area contributed by atoms with Crippen molar-refractivity contribution in [2.45, 2.75) is 24.1 Å². The van der Waals surface area contributed by atoms with Gasteiger partial charge in [-0.2, -0.15) is 4.99 Å². The zero-order valence-electron chi connectivity index (χ0n) is 12.9. The van der Waals surface area contributed by atoms with E-state index in [2.05, 4.69) is 4.99 Å². The zero-order valence-corrected chi connectivity index (χ0v) is 15.3. The van der Waals surface area contributed by atoms with Gasteiger partial charge in [0.05, 0.1) is 28.3 Å². The van der Waals surface area contributed by atoms with Gasteiger partial charge in [0.2, 0.25) is 5.91 Å². The largest absolute Gasteiger partial charge is 0.550 e. The molecule has 0 aliphatic carbocycles. The van der Waals surface area contributed by atoms with Gasteiger partial charge in [-0.3, -0.25) is 4.79 Å². The van der Waals surface area contributed by atoms with Gasteiger partial charge in [-0.15, -0.1) is 0 Å². The number of amidine groups is 1. The molecule has 1 aromatic rings. The number of rotatable bonds is 4. The summed E-state index contributed by atoms with van der Waals surface area (Å²) >= 11 is 7.46. The van der Waals surface area contributed by atoms with E-state index in [-0.39, 0.29) is 29.2 Å². The van der Waals surface area contributed by atoms with E-state index in [1.807, 2.05) is 0 Å². The standard InChI is InChI=1S/C15H15ClN2O5S2/c16-9-3-1-2-4-10(9)18-11-7-25(22,23)8-12(11)24-15(18)17-13(19)5-6-14(20)21/h1-4,11-12H,5-8H2,(H,20,21)/p-1/t11-,12-/m1/s1. The number of hydrogen-bond acceptors (Lipinski definition) is 6. The lowest BCUT2D eigenvalue weighted by atomic mass is 10.2. The maximum absolute atomic E-state index is 12.0. The second-order valence-electron chi connectivity index (χ2n) is 5.78. The molecular formula is C15H14ClN2O5S2-. The van der Waals surface area contributed by atoms with E-state index in [0.717, 1.165) is 0 Å². The van der Waals surface area contributed by atoms with Crippen molar-refractivity contribution >= 4 is 55.9 Å². The fraction of sp³-hybridized carbons (Fsp3) is 0.400. The average molecular weight is 402 g/mol. The topological polar surface area (TPSA) is 107 Å². The SMILES string of the molecule is O=C([O-])CCC(=O)N=C1S[C@@H]2CS(=O)(=O)C[C@H]2N1c1ccccc1Cl. The first-order valence-corrected chi connectivity index (χ1v) is 10.6. The minimum absolute atomic E-state index is 0.00947. The number of hydrogen-bond donors (Lipinski definition) is 0. The molecule has 3 rings (SSSR count). The molecule has 1 amide bonds. The van der Waals surface area contributed by atoms with E-state index in [0.29, 0.717) is 15.9 Å². The van der Waals surface area contributed by atoms with Gasteiger partial charge in [-0.05, 0) is 18.6 Å². The molecule has 2 atom stereocenters. The second kappa shape index (κ2) is 6.97. The summed E-state index contributed by atoms with van der Waals surface area (Å²) in [6.07, 6.45) is -0.677. The molecular weight excluding hydrogens is 388 g/mol. The molecule has 2 saturated heterocycles. The predicted octanol–water partition coefficient (Wildman–Crippen LogP) is 0.472. The van der Waals surface area contributed by atoms with Crippen molar-refractivity contribution in [3.05, 3.63) is 29.3 Å². The Hall–Kier alpha value is -1.58. The molecule has 0 radical (unpaired) electrons. The van der Waals surface area contributed by atoms with Gasteiger partial charge in [0, 0.05) is 17.6 Å². The van der Waals surface area contributed by atoms with Crippen LogP contribution in [0, 0.1) is 0 Å². The van der Waals surface area contributed by atoms with Crippen LogP contribution in [0.5, 0.6) is 0 Å². The number of carboxylic acid groups (broad SMARTS) is 1. The third kappa shape index (κ3) is 3.99. The first kappa shape index (κ1) is 18.2. The Morgan fingerprint density at radius 2 is 2.00 bits per heavy atom. The van der Waals surface area contributed by atoms with Crippen LogP contribution in [0.25, 0.3) is 0 Å². The average Bonchev–Trinajstić information content (AvgIpc) is 2.97. The molecule has 0 bridgehead atoms. The number of nitrogens with zero attached hydrogens (tertiary/aromatic N) is 2. The number of fused-ring (bicyclic) bond motifs is 1. The summed E-state index contributed by atoms with van der Waals surface area (Å²) in [6, 6.07) is 6.56. The van der Waals surface area contributed by atoms with Crippen LogP contribution in [0.2, 0.25) is 5.02 Å². The summed E-state index contributed by atoms with van der Waals surface area (Å²) in [5.74, 6) is -1.94. The van der Waals surface area contributed by atoms with E-state index in [9.17, 15) is 23.1 Å². The first-order chi connectivity index (χ1) is 11.8. The lowest BCUT2D eigenvalue weighted by Gasteiger charge is -2.25. The molecule has 10 heteroatoms. The summed E-state index contributed by atoms with van der Waals surface area (Å²) in [4.78, 5) is 28.1. The third-order valence-electron chi connectivity index (χ3n) is 3.94. The quantitative estimate of drug-likeness (QED) is 0.721. The minimum Gasteiger partial charge on any atom is -0.550 e. The summed E-state index contributed by atoms with van der Waals surface area (Å²) in [6.45, 7) is 0. The maximum atomic E-state index is 12.0. The van der Waals surface area contributed by atoms with Crippen LogP contribution in [0.4, 0.5) is 5.69 Å². The van der Waals surface area contributed by atoms with Gasteiger partial charge in [-0.25, -0.2) is 8.42 Å². The van der Waals surface area contributed by atoms with Crippen LogP contribution in [0.15, 0.2) is 29.3 Å². The van der Waals surface area contributed by atoms with Crippen LogP contribution in [-0.4, -0.2) is 48.3 Å². The molecule has 2 aliphatic rings. The molecule has 0 aromatic heterocycles. The summed E-state index contributed by atoms with van der Waals surface area (Å²) in [5.41, 5.74) is 0.577. The van der Waals surface area contributed by atoms with Crippen molar-refractivity contribution in [3.63, 3.8) is 0 Å². The smallest absolute Gasteiger partial charge is 0.248 e. The van der Waals surface area contributed by atoms with Crippen molar-refractivity contribution in [1.82, 2.24) is 0 Å². The van der Waals surface area contributed by atoms with Crippen molar-refractivity contribution < 1.29 is 23.1 Å². The number of para-hydroxylation sites is 1. The number of anilines is 1. The van der Waals surface area contributed by atoms with Crippen LogP contribution in [-0.2, 0) is 19.4 Å². The van der Waals surface area contributed by atoms with E-state index in [1.165, 1.54) is 11.8 Å². The van der Waals surface area contributed by atoms with Crippen LogP contribution >= 0.6 is 23.4 Å². The molecule has 2 fully saturated rings. The van der Waals surface area contributed by atoms with Crippen molar-refractivity contribution in [3.8, 4) is 0 Å². The highest BCUT2D eigenvalue weighted by Gasteiger charge is 2.49. The van der Waals surface area contributed by atoms with E-state index in [1.54, 1.807) is 29.2 Å². The highest BCUT2D eigenvalue weighted by atomic mass is 35.5. The number of halogens is 1. The lowest BCUT2D eigenvalue weighted by molar-refractivity contribution is -0.305. The van der Waals surface area contributed by atoms with Crippen LogP contribution < -0.4 is 10.0 Å². The predicted molar refractivity (Wildman–Crippen MR) is 94.4 cm³/mol. The number of thioether (sulfide) groups is 1. The van der Waals surface area contributed by atoms with E-state index >= 15 is 0 Å². The number of sulfone groups is 1. The Labute approximate surface area is 154 Å². The first-order valence-electron chi connectivity index (χ1n) is 7.49. The minimum atomic E-state index is -3.16. The number of aliphatic carboxylic acids is 1. The Balaban J connectivity index is 1.94. The number of carbonyl (C=O) groups excluding carboxylic acids is 2. The van der Waals surface area contributed by atoms with E-state index in [4.69, 9.17) is 11.6 Å². The Morgan fingerprint density at radius 1 is 1.28 bits per heavy atom. The summed E-state index contributed by atoms with van der Waals surface area (Å²) < 4.78 is 23.9. The second-order valence-corrected chi connectivity index (χ2v) is 9.55. The molecule has 2 aliphatic heterocycles. The molecule has 2 heterocycles. The lowest BCUT2D eigenvalue weighted by Crippen LogP contribution is -2.38. The van der Waals surface area contributed by atoms with Crippen LogP contribution in [0.3, 0.4) is 0 Å². The summed E-state index contributed by atoms with van der Waals surface area (Å²) in [7, 11) is -3.16. The van der Waals surface area contributed by atoms with Gasteiger partial charge >= 0.3 is 0 Å². The number of carbonyl (C=O) groups is 2.